The molecule has 0 spiro atoms. The molecule has 0 aliphatic rings. The summed E-state index contributed by atoms with van der Waals surface area (Å²) in [4.78, 5) is 41.8. The number of rotatable bonds is 9. The zero-order valence-electron chi connectivity index (χ0n) is 17.5. The van der Waals surface area contributed by atoms with E-state index < -0.39 is 11.2 Å². The van der Waals surface area contributed by atoms with Gasteiger partial charge in [-0.15, -0.1) is 0 Å². The van der Waals surface area contributed by atoms with Crippen LogP contribution in [0.15, 0.2) is 33.9 Å². The summed E-state index contributed by atoms with van der Waals surface area (Å²) < 4.78 is 6.71. The number of carbonyl (C=O) groups excluding carboxylic acids is 1. The van der Waals surface area contributed by atoms with E-state index in [1.807, 2.05) is 32.0 Å². The molecule has 158 valence electrons. The molecule has 0 aliphatic carbocycles. The molecular weight excluding hydrogens is 372 g/mol. The molecule has 1 amide bonds. The summed E-state index contributed by atoms with van der Waals surface area (Å²) >= 11 is 0. The molecule has 8 heteroatoms. The highest BCUT2D eigenvalue weighted by atomic mass is 16.5. The van der Waals surface area contributed by atoms with Gasteiger partial charge in [-0.25, -0.2) is 4.79 Å². The number of nitrogens with one attached hydrogen (secondary N) is 1. The average molecular weight is 402 g/mol. The first-order valence-electron chi connectivity index (χ1n) is 9.91. The third-order valence-corrected chi connectivity index (χ3v) is 5.04. The maximum atomic E-state index is 13.2. The largest absolute Gasteiger partial charge is 0.496 e. The molecule has 3 N–H and O–H groups in total. The van der Waals surface area contributed by atoms with Crippen LogP contribution >= 0.6 is 0 Å². The molecule has 1 aromatic heterocycles. The van der Waals surface area contributed by atoms with Crippen LogP contribution in [-0.4, -0.2) is 22.6 Å². The van der Waals surface area contributed by atoms with Gasteiger partial charge < -0.3 is 10.5 Å². The zero-order valence-corrected chi connectivity index (χ0v) is 17.5. The summed E-state index contributed by atoms with van der Waals surface area (Å²) in [5.41, 5.74) is 5.73. The number of nitrogens with two attached hydrogens (primary N) is 1. The fourth-order valence-electron chi connectivity index (χ4n) is 3.09. The summed E-state index contributed by atoms with van der Waals surface area (Å²) in [6, 6.07) is 7.28. The van der Waals surface area contributed by atoms with Crippen LogP contribution in [-0.2, 0) is 17.9 Å². The summed E-state index contributed by atoms with van der Waals surface area (Å²) in [6.07, 6.45) is 2.19. The van der Waals surface area contributed by atoms with Gasteiger partial charge in [0.25, 0.3) is 5.56 Å². The Kier molecular flexibility index (Phi) is 7.64. The van der Waals surface area contributed by atoms with Gasteiger partial charge in [0.2, 0.25) is 5.91 Å². The Hall–Kier alpha value is -3.03. The van der Waals surface area contributed by atoms with E-state index in [1.54, 1.807) is 20.1 Å². The van der Waals surface area contributed by atoms with Crippen molar-refractivity contribution in [2.45, 2.75) is 53.1 Å². The molecule has 0 aliphatic heterocycles. The minimum absolute atomic E-state index is 0.00116. The van der Waals surface area contributed by atoms with Crippen molar-refractivity contribution in [1.29, 1.82) is 0 Å². The van der Waals surface area contributed by atoms with E-state index in [9.17, 15) is 14.4 Å². The smallest absolute Gasteiger partial charge is 0.330 e. The SMILES string of the molecule is CCCCn1c(N)c(N(Cc2ccccc2OC)C(=O)C(C)CC)c(=O)[nH]c1=O. The number of carbonyl (C=O) groups is 1. The molecule has 0 fully saturated rings. The molecular formula is C21H30N4O4. The molecule has 29 heavy (non-hydrogen) atoms. The number of hydrogen-bond acceptors (Lipinski definition) is 5. The van der Waals surface area contributed by atoms with Gasteiger partial charge in [0.1, 0.15) is 11.6 Å². The summed E-state index contributed by atoms with van der Waals surface area (Å²) in [5.74, 6) is 0.0401. The van der Waals surface area contributed by atoms with Crippen molar-refractivity contribution < 1.29 is 9.53 Å². The number of unbranched alkanes of at least 4 members (excludes halogenated alkanes) is 1. The van der Waals surface area contributed by atoms with Crippen molar-refractivity contribution >= 4 is 17.4 Å². The average Bonchev–Trinajstić information content (AvgIpc) is 2.71. The summed E-state index contributed by atoms with van der Waals surface area (Å²) in [6.45, 7) is 6.17. The number of amides is 1. The van der Waals surface area contributed by atoms with Gasteiger partial charge in [0, 0.05) is 18.0 Å². The molecule has 0 saturated carbocycles. The van der Waals surface area contributed by atoms with Gasteiger partial charge in [0.05, 0.1) is 13.7 Å². The fraction of sp³-hybridized carbons (Fsp3) is 0.476. The number of nitrogens with zero attached hydrogens (tertiary/aromatic N) is 2. The maximum absolute atomic E-state index is 13.2. The highest BCUT2D eigenvalue weighted by Crippen LogP contribution is 2.26. The van der Waals surface area contributed by atoms with Crippen molar-refractivity contribution in [1.82, 2.24) is 9.55 Å². The Morgan fingerprint density at radius 1 is 1.28 bits per heavy atom. The van der Waals surface area contributed by atoms with E-state index in [4.69, 9.17) is 10.5 Å². The maximum Gasteiger partial charge on any atom is 0.330 e. The fourth-order valence-corrected chi connectivity index (χ4v) is 3.09. The number of aromatic nitrogens is 2. The van der Waals surface area contributed by atoms with E-state index in [0.717, 1.165) is 18.4 Å². The standard InChI is InChI=1S/C21H30N4O4/c1-5-7-12-24-18(22)17(19(26)23-21(24)28)25(20(27)14(3)6-2)13-15-10-8-9-11-16(15)29-4/h8-11,14H,5-7,12-13,22H2,1-4H3,(H,23,26,28). The number of H-pyrrole nitrogens is 1. The summed E-state index contributed by atoms with van der Waals surface area (Å²) in [5, 5.41) is 0. The lowest BCUT2D eigenvalue weighted by Gasteiger charge is -2.27. The second-order valence-corrected chi connectivity index (χ2v) is 7.04. The van der Waals surface area contributed by atoms with Crippen molar-refractivity contribution in [3.63, 3.8) is 0 Å². The third kappa shape index (κ3) is 4.88. The van der Waals surface area contributed by atoms with Crippen LogP contribution in [0, 0.1) is 5.92 Å². The lowest BCUT2D eigenvalue weighted by atomic mass is 10.1. The Morgan fingerprint density at radius 2 is 1.97 bits per heavy atom. The highest BCUT2D eigenvalue weighted by molar-refractivity contribution is 5.96. The number of benzene rings is 1. The zero-order chi connectivity index (χ0) is 21.6. The Labute approximate surface area is 170 Å². The van der Waals surface area contributed by atoms with Crippen LogP contribution in [0.2, 0.25) is 0 Å². The Morgan fingerprint density at radius 3 is 2.59 bits per heavy atom. The van der Waals surface area contributed by atoms with E-state index in [-0.39, 0.29) is 29.9 Å². The second-order valence-electron chi connectivity index (χ2n) is 7.04. The number of methoxy groups -OCH3 is 1. The number of aromatic amines is 1. The number of anilines is 2. The van der Waals surface area contributed by atoms with Crippen LogP contribution in [0.1, 0.15) is 45.6 Å². The van der Waals surface area contributed by atoms with Crippen molar-refractivity contribution in [2.75, 3.05) is 17.7 Å². The third-order valence-electron chi connectivity index (χ3n) is 5.04. The monoisotopic (exact) mass is 402 g/mol. The quantitative estimate of drug-likeness (QED) is 0.670. The molecule has 1 heterocycles. The molecule has 1 atom stereocenters. The summed E-state index contributed by atoms with van der Waals surface area (Å²) in [7, 11) is 1.55. The van der Waals surface area contributed by atoms with Gasteiger partial charge in [-0.3, -0.25) is 24.0 Å². The number of nitrogen functional groups attached to an aromatic ring is 1. The Balaban J connectivity index is 2.64. The normalized spacial score (nSPS) is 11.9. The molecule has 0 radical (unpaired) electrons. The Bertz CT molecular complexity index is 964. The number of hydrogen-bond donors (Lipinski definition) is 2. The van der Waals surface area contributed by atoms with Crippen LogP contribution < -0.4 is 26.6 Å². The molecule has 2 aromatic rings. The predicted octanol–water partition coefficient (Wildman–Crippen LogP) is 2.51. The second kappa shape index (κ2) is 9.95. The van der Waals surface area contributed by atoms with E-state index in [1.165, 1.54) is 9.47 Å². The molecule has 8 nitrogen and oxygen atoms in total. The predicted molar refractivity (Wildman–Crippen MR) is 114 cm³/mol. The number of para-hydroxylation sites is 1. The molecule has 1 aromatic carbocycles. The minimum atomic E-state index is -0.674. The van der Waals surface area contributed by atoms with Gasteiger partial charge in [-0.2, -0.15) is 0 Å². The van der Waals surface area contributed by atoms with E-state index >= 15 is 0 Å². The van der Waals surface area contributed by atoms with Gasteiger partial charge >= 0.3 is 5.69 Å². The van der Waals surface area contributed by atoms with Crippen LogP contribution in [0.5, 0.6) is 5.75 Å². The first-order valence-corrected chi connectivity index (χ1v) is 9.91. The molecule has 2 rings (SSSR count). The molecule has 0 bridgehead atoms. The lowest BCUT2D eigenvalue weighted by molar-refractivity contribution is -0.122. The first kappa shape index (κ1) is 22.3. The minimum Gasteiger partial charge on any atom is -0.496 e. The van der Waals surface area contributed by atoms with Crippen molar-refractivity contribution in [2.24, 2.45) is 5.92 Å². The molecule has 0 saturated heterocycles. The van der Waals surface area contributed by atoms with Crippen LogP contribution in [0.3, 0.4) is 0 Å². The lowest BCUT2D eigenvalue weighted by Crippen LogP contribution is -2.42. The molecule has 1 unspecified atom stereocenters. The van der Waals surface area contributed by atoms with Gasteiger partial charge in [-0.05, 0) is 18.9 Å². The van der Waals surface area contributed by atoms with E-state index in [0.29, 0.717) is 18.7 Å². The van der Waals surface area contributed by atoms with Crippen molar-refractivity contribution in [3.8, 4) is 5.75 Å². The van der Waals surface area contributed by atoms with Crippen molar-refractivity contribution in [3.05, 3.63) is 50.7 Å². The highest BCUT2D eigenvalue weighted by Gasteiger charge is 2.28. The number of ether oxygens (including phenoxy) is 1. The topological polar surface area (TPSA) is 110 Å². The van der Waals surface area contributed by atoms with E-state index in [2.05, 4.69) is 4.98 Å². The van der Waals surface area contributed by atoms with Crippen LogP contribution in [0.4, 0.5) is 11.5 Å². The first-order chi connectivity index (χ1) is 13.8. The van der Waals surface area contributed by atoms with Gasteiger partial charge in [-0.1, -0.05) is 45.4 Å². The van der Waals surface area contributed by atoms with Crippen LogP contribution in [0.25, 0.3) is 0 Å². The van der Waals surface area contributed by atoms with Gasteiger partial charge in [0.15, 0.2) is 5.69 Å².